The minimum absolute atomic E-state index is 0.106. The maximum absolute atomic E-state index is 8.37. The summed E-state index contributed by atoms with van der Waals surface area (Å²) in [7, 11) is 0. The van der Waals surface area contributed by atoms with Gasteiger partial charge >= 0.3 is 0 Å². The van der Waals surface area contributed by atoms with Gasteiger partial charge in [-0.3, -0.25) is 0 Å². The highest BCUT2D eigenvalue weighted by atomic mass is 79.9. The first kappa shape index (κ1) is 9.45. The van der Waals surface area contributed by atoms with E-state index in [9.17, 15) is 0 Å². The molecule has 0 unspecified atom stereocenters. The Labute approximate surface area is 72.7 Å². The SMILES string of the molecule is CC(CBr)(CBr)CC#N. The molecule has 0 saturated carbocycles. The number of nitrogens with zero attached hydrogens (tertiary/aromatic N) is 1. The molecule has 0 rings (SSSR count). The topological polar surface area (TPSA) is 23.8 Å². The van der Waals surface area contributed by atoms with Crippen LogP contribution in [0.5, 0.6) is 0 Å². The van der Waals surface area contributed by atoms with Crippen molar-refractivity contribution in [1.82, 2.24) is 0 Å². The standard InChI is InChI=1S/C6H9Br2N/c1-6(4-7,5-8)2-3-9/h2,4-5H2,1H3. The third-order valence-corrected chi connectivity index (χ3v) is 3.86. The van der Waals surface area contributed by atoms with Crippen molar-refractivity contribution in [3.05, 3.63) is 0 Å². The highest BCUT2D eigenvalue weighted by Gasteiger charge is 2.20. The van der Waals surface area contributed by atoms with Gasteiger partial charge < -0.3 is 0 Å². The quantitative estimate of drug-likeness (QED) is 0.711. The molecule has 3 heteroatoms. The first-order valence-electron chi connectivity index (χ1n) is 2.67. The normalized spacial score (nSPS) is 10.9. The van der Waals surface area contributed by atoms with Gasteiger partial charge in [-0.2, -0.15) is 5.26 Å². The Morgan fingerprint density at radius 1 is 1.44 bits per heavy atom. The van der Waals surface area contributed by atoms with E-state index in [1.54, 1.807) is 0 Å². The van der Waals surface area contributed by atoms with Crippen molar-refractivity contribution < 1.29 is 0 Å². The summed E-state index contributed by atoms with van der Waals surface area (Å²) in [5.74, 6) is 0. The van der Waals surface area contributed by atoms with E-state index in [2.05, 4.69) is 44.9 Å². The zero-order valence-electron chi connectivity index (χ0n) is 5.32. The second-order valence-electron chi connectivity index (χ2n) is 2.41. The van der Waals surface area contributed by atoms with Gasteiger partial charge in [0, 0.05) is 17.1 Å². The van der Waals surface area contributed by atoms with E-state index in [1.807, 2.05) is 0 Å². The van der Waals surface area contributed by atoms with Crippen LogP contribution in [0, 0.1) is 16.7 Å². The molecule has 0 amide bonds. The minimum Gasteiger partial charge on any atom is -0.198 e. The average molecular weight is 255 g/mol. The van der Waals surface area contributed by atoms with E-state index in [0.29, 0.717) is 6.42 Å². The summed E-state index contributed by atoms with van der Waals surface area (Å²) in [5.41, 5.74) is 0.106. The van der Waals surface area contributed by atoms with Crippen molar-refractivity contribution in [3.63, 3.8) is 0 Å². The second kappa shape index (κ2) is 4.29. The van der Waals surface area contributed by atoms with Gasteiger partial charge in [-0.05, 0) is 5.41 Å². The molecule has 0 atom stereocenters. The zero-order chi connectivity index (χ0) is 7.33. The Bertz CT molecular complexity index is 113. The van der Waals surface area contributed by atoms with Crippen LogP contribution in [0.2, 0.25) is 0 Å². The molecular formula is C6H9Br2N. The molecule has 0 aliphatic heterocycles. The smallest absolute Gasteiger partial charge is 0.0628 e. The largest absolute Gasteiger partial charge is 0.198 e. The Morgan fingerprint density at radius 3 is 2.00 bits per heavy atom. The lowest BCUT2D eigenvalue weighted by atomic mass is 9.93. The second-order valence-corrected chi connectivity index (χ2v) is 3.53. The van der Waals surface area contributed by atoms with Crippen LogP contribution in [0.3, 0.4) is 0 Å². The molecule has 0 aliphatic rings. The Morgan fingerprint density at radius 2 is 1.89 bits per heavy atom. The lowest BCUT2D eigenvalue weighted by molar-refractivity contribution is 0.454. The van der Waals surface area contributed by atoms with Crippen LogP contribution < -0.4 is 0 Å². The summed E-state index contributed by atoms with van der Waals surface area (Å²) in [5, 5.41) is 10.1. The third-order valence-electron chi connectivity index (χ3n) is 1.15. The number of nitriles is 1. The number of hydrogen-bond donors (Lipinski definition) is 0. The molecule has 0 aromatic heterocycles. The molecule has 0 spiro atoms. The van der Waals surface area contributed by atoms with E-state index in [0.717, 1.165) is 10.7 Å². The third kappa shape index (κ3) is 3.22. The summed E-state index contributed by atoms with van der Waals surface area (Å²) >= 11 is 6.70. The van der Waals surface area contributed by atoms with Crippen molar-refractivity contribution in [2.75, 3.05) is 10.7 Å². The first-order chi connectivity index (χ1) is 4.18. The minimum atomic E-state index is 0.106. The predicted octanol–water partition coefficient (Wildman–Crippen LogP) is 2.70. The number of alkyl halides is 2. The van der Waals surface area contributed by atoms with Crippen LogP contribution in [-0.4, -0.2) is 10.7 Å². The summed E-state index contributed by atoms with van der Waals surface area (Å²) in [4.78, 5) is 0. The number of rotatable bonds is 3. The summed E-state index contributed by atoms with van der Waals surface area (Å²) in [6.45, 7) is 2.07. The lowest BCUT2D eigenvalue weighted by Crippen LogP contribution is -2.18. The fourth-order valence-corrected chi connectivity index (χ4v) is 1.65. The van der Waals surface area contributed by atoms with Crippen LogP contribution >= 0.6 is 31.9 Å². The van der Waals surface area contributed by atoms with Gasteiger partial charge in [0.2, 0.25) is 0 Å². The van der Waals surface area contributed by atoms with Gasteiger partial charge in [-0.1, -0.05) is 38.8 Å². The van der Waals surface area contributed by atoms with Crippen molar-refractivity contribution in [2.45, 2.75) is 13.3 Å². The molecule has 52 valence electrons. The Balaban J connectivity index is 3.80. The molecule has 0 N–H and O–H groups in total. The lowest BCUT2D eigenvalue weighted by Gasteiger charge is -2.19. The molecule has 0 fully saturated rings. The Hall–Kier alpha value is 0.450. The van der Waals surface area contributed by atoms with E-state index < -0.39 is 0 Å². The molecule has 0 aromatic rings. The number of hydrogen-bond acceptors (Lipinski definition) is 1. The van der Waals surface area contributed by atoms with Crippen LogP contribution in [-0.2, 0) is 0 Å². The van der Waals surface area contributed by atoms with E-state index in [1.165, 1.54) is 0 Å². The molecule has 0 bridgehead atoms. The van der Waals surface area contributed by atoms with E-state index in [-0.39, 0.29) is 5.41 Å². The fourth-order valence-electron chi connectivity index (χ4n) is 0.321. The summed E-state index contributed by atoms with van der Waals surface area (Å²) in [6, 6.07) is 2.15. The van der Waals surface area contributed by atoms with Crippen molar-refractivity contribution in [2.24, 2.45) is 5.41 Å². The van der Waals surface area contributed by atoms with Crippen LogP contribution in [0.1, 0.15) is 13.3 Å². The Kier molecular flexibility index (Phi) is 4.51. The maximum Gasteiger partial charge on any atom is 0.0628 e. The molecule has 0 radical (unpaired) electrons. The van der Waals surface area contributed by atoms with Crippen molar-refractivity contribution >= 4 is 31.9 Å². The molecule has 0 aliphatic carbocycles. The highest BCUT2D eigenvalue weighted by molar-refractivity contribution is 9.09. The number of halogens is 2. The van der Waals surface area contributed by atoms with Crippen molar-refractivity contribution in [1.29, 1.82) is 5.26 Å². The van der Waals surface area contributed by atoms with Crippen LogP contribution in [0.4, 0.5) is 0 Å². The molecule has 1 nitrogen and oxygen atoms in total. The monoisotopic (exact) mass is 253 g/mol. The molecule has 0 heterocycles. The van der Waals surface area contributed by atoms with Gasteiger partial charge in [0.15, 0.2) is 0 Å². The van der Waals surface area contributed by atoms with Crippen LogP contribution in [0.15, 0.2) is 0 Å². The first-order valence-corrected chi connectivity index (χ1v) is 4.92. The average Bonchev–Trinajstić information content (AvgIpc) is 1.89. The summed E-state index contributed by atoms with van der Waals surface area (Å²) in [6.07, 6.45) is 0.601. The van der Waals surface area contributed by atoms with Gasteiger partial charge in [-0.25, -0.2) is 0 Å². The zero-order valence-corrected chi connectivity index (χ0v) is 8.50. The van der Waals surface area contributed by atoms with Gasteiger partial charge in [0.25, 0.3) is 0 Å². The van der Waals surface area contributed by atoms with Crippen LogP contribution in [0.25, 0.3) is 0 Å². The maximum atomic E-state index is 8.37. The van der Waals surface area contributed by atoms with E-state index >= 15 is 0 Å². The van der Waals surface area contributed by atoms with Gasteiger partial charge in [0.1, 0.15) is 0 Å². The summed E-state index contributed by atoms with van der Waals surface area (Å²) < 4.78 is 0. The molecular weight excluding hydrogens is 246 g/mol. The molecule has 9 heavy (non-hydrogen) atoms. The van der Waals surface area contributed by atoms with Crippen molar-refractivity contribution in [3.8, 4) is 6.07 Å². The van der Waals surface area contributed by atoms with Gasteiger partial charge in [-0.15, -0.1) is 0 Å². The van der Waals surface area contributed by atoms with E-state index in [4.69, 9.17) is 5.26 Å². The highest BCUT2D eigenvalue weighted by Crippen LogP contribution is 2.25. The molecule has 0 aromatic carbocycles. The fraction of sp³-hybridized carbons (Fsp3) is 0.833. The van der Waals surface area contributed by atoms with Gasteiger partial charge in [0.05, 0.1) is 6.07 Å². The molecule has 0 saturated heterocycles. The predicted molar refractivity (Wildman–Crippen MR) is 45.9 cm³/mol.